The fourth-order valence-corrected chi connectivity index (χ4v) is 3.47. The Labute approximate surface area is 171 Å². The first-order chi connectivity index (χ1) is 14.1. The van der Waals surface area contributed by atoms with E-state index in [0.717, 1.165) is 30.4 Å². The average Bonchev–Trinajstić information content (AvgIpc) is 2.98. The van der Waals surface area contributed by atoms with Crippen molar-refractivity contribution in [1.29, 1.82) is 0 Å². The van der Waals surface area contributed by atoms with E-state index in [9.17, 15) is 22.8 Å². The van der Waals surface area contributed by atoms with Crippen LogP contribution in [-0.4, -0.2) is 20.1 Å². The van der Waals surface area contributed by atoms with Gasteiger partial charge in [0.15, 0.2) is 5.78 Å². The van der Waals surface area contributed by atoms with E-state index in [0.29, 0.717) is 15.8 Å². The number of Topliss-reactive ketones (excluding diaryl/α,β-unsaturated/α-hetero) is 1. The van der Waals surface area contributed by atoms with Crippen LogP contribution in [0.5, 0.6) is 0 Å². The van der Waals surface area contributed by atoms with Gasteiger partial charge in [-0.3, -0.25) is 9.59 Å². The van der Waals surface area contributed by atoms with Crippen LogP contribution >= 0.6 is 0 Å². The van der Waals surface area contributed by atoms with E-state index in [1.807, 2.05) is 18.4 Å². The molecule has 0 saturated heterocycles. The van der Waals surface area contributed by atoms with Gasteiger partial charge >= 0.3 is 6.18 Å². The van der Waals surface area contributed by atoms with Crippen molar-refractivity contribution in [1.82, 2.24) is 14.3 Å². The molecule has 0 N–H and O–H groups in total. The van der Waals surface area contributed by atoms with Gasteiger partial charge in [0.25, 0.3) is 5.56 Å². The van der Waals surface area contributed by atoms with Gasteiger partial charge in [0.05, 0.1) is 5.69 Å². The number of ketones is 1. The topological polar surface area (TPSA) is 56.9 Å². The zero-order chi connectivity index (χ0) is 22.1. The molecule has 0 aliphatic carbocycles. The van der Waals surface area contributed by atoms with E-state index >= 15 is 0 Å². The predicted molar refractivity (Wildman–Crippen MR) is 107 cm³/mol. The number of benzene rings is 1. The van der Waals surface area contributed by atoms with Crippen LogP contribution in [-0.2, 0) is 19.3 Å². The van der Waals surface area contributed by atoms with Crippen molar-refractivity contribution < 1.29 is 18.0 Å². The fourth-order valence-electron chi connectivity index (χ4n) is 3.47. The van der Waals surface area contributed by atoms with Crippen molar-refractivity contribution in [3.63, 3.8) is 0 Å². The van der Waals surface area contributed by atoms with Crippen LogP contribution in [0.1, 0.15) is 40.7 Å². The molecule has 0 amide bonds. The second-order valence-electron chi connectivity index (χ2n) is 7.13. The van der Waals surface area contributed by atoms with E-state index in [1.54, 1.807) is 43.3 Å². The molecule has 0 spiro atoms. The summed E-state index contributed by atoms with van der Waals surface area (Å²) in [6.45, 7) is 5.82. The van der Waals surface area contributed by atoms with Crippen molar-refractivity contribution in [3.8, 4) is 11.3 Å². The molecule has 1 aromatic carbocycles. The highest BCUT2D eigenvalue weighted by atomic mass is 19.4. The van der Waals surface area contributed by atoms with Gasteiger partial charge in [-0.25, -0.2) is 4.68 Å². The van der Waals surface area contributed by atoms with Crippen molar-refractivity contribution in [2.45, 2.75) is 46.5 Å². The highest BCUT2D eigenvalue weighted by Gasteiger charge is 2.36. The van der Waals surface area contributed by atoms with E-state index in [2.05, 4.69) is 5.10 Å². The molecule has 3 rings (SSSR count). The Bertz CT molecular complexity index is 1130. The number of rotatable bonds is 6. The van der Waals surface area contributed by atoms with Gasteiger partial charge in [0.2, 0.25) is 0 Å². The molecular weight excluding hydrogens is 395 g/mol. The van der Waals surface area contributed by atoms with Gasteiger partial charge in [-0.05, 0) is 32.4 Å². The maximum Gasteiger partial charge on any atom is 0.421 e. The highest BCUT2D eigenvalue weighted by Crippen LogP contribution is 2.29. The van der Waals surface area contributed by atoms with Crippen LogP contribution in [0.4, 0.5) is 13.2 Å². The van der Waals surface area contributed by atoms with Gasteiger partial charge in [0, 0.05) is 29.1 Å². The molecule has 2 aromatic heterocycles. The number of hydrogen-bond acceptors (Lipinski definition) is 3. The molecule has 0 aliphatic heterocycles. The Kier molecular flexibility index (Phi) is 5.96. The van der Waals surface area contributed by atoms with Crippen molar-refractivity contribution in [3.05, 3.63) is 75.3 Å². The first kappa shape index (κ1) is 21.5. The minimum Gasteiger partial charge on any atom is -0.348 e. The van der Waals surface area contributed by atoms with E-state index in [4.69, 9.17) is 0 Å². The summed E-state index contributed by atoms with van der Waals surface area (Å²) in [5, 5.41) is 4.05. The molecule has 0 atom stereocenters. The van der Waals surface area contributed by atoms with Crippen molar-refractivity contribution in [2.24, 2.45) is 0 Å². The monoisotopic (exact) mass is 417 g/mol. The summed E-state index contributed by atoms with van der Waals surface area (Å²) in [5.74, 6) is -0.460. The molecule has 0 radical (unpaired) electrons. The summed E-state index contributed by atoms with van der Waals surface area (Å²) in [4.78, 5) is 25.3. The Hall–Kier alpha value is -3.16. The van der Waals surface area contributed by atoms with Crippen molar-refractivity contribution >= 4 is 5.78 Å². The van der Waals surface area contributed by atoms with Gasteiger partial charge in [0.1, 0.15) is 12.1 Å². The molecule has 0 aliphatic rings. The summed E-state index contributed by atoms with van der Waals surface area (Å²) in [6, 6.07) is 10.7. The molecule has 5 nitrogen and oxygen atoms in total. The maximum absolute atomic E-state index is 13.5. The van der Waals surface area contributed by atoms with Gasteiger partial charge in [-0.1, -0.05) is 37.3 Å². The van der Waals surface area contributed by atoms with Crippen LogP contribution in [0.15, 0.2) is 47.3 Å². The first-order valence-electron chi connectivity index (χ1n) is 9.58. The van der Waals surface area contributed by atoms with E-state index < -0.39 is 29.6 Å². The van der Waals surface area contributed by atoms with Crippen LogP contribution in [0.3, 0.4) is 0 Å². The Balaban J connectivity index is 2.07. The van der Waals surface area contributed by atoms with E-state index in [-0.39, 0.29) is 5.69 Å². The molecule has 158 valence electrons. The lowest BCUT2D eigenvalue weighted by molar-refractivity contribution is -0.139. The smallest absolute Gasteiger partial charge is 0.348 e. The maximum atomic E-state index is 13.5. The summed E-state index contributed by atoms with van der Waals surface area (Å²) < 4.78 is 43.0. The largest absolute Gasteiger partial charge is 0.421 e. The molecule has 30 heavy (non-hydrogen) atoms. The average molecular weight is 417 g/mol. The Morgan fingerprint density at radius 2 is 1.77 bits per heavy atom. The quantitative estimate of drug-likeness (QED) is 0.549. The number of nitrogens with zero attached hydrogens (tertiary/aromatic N) is 3. The lowest BCUT2D eigenvalue weighted by Gasteiger charge is -2.12. The van der Waals surface area contributed by atoms with Crippen LogP contribution in [0.2, 0.25) is 0 Å². The fraction of sp³-hybridized carbons (Fsp3) is 0.318. The lowest BCUT2D eigenvalue weighted by atomic mass is 10.1. The second-order valence-corrected chi connectivity index (χ2v) is 7.13. The van der Waals surface area contributed by atoms with E-state index in [1.165, 1.54) is 0 Å². The van der Waals surface area contributed by atoms with Gasteiger partial charge in [-0.15, -0.1) is 0 Å². The second kappa shape index (κ2) is 8.30. The summed E-state index contributed by atoms with van der Waals surface area (Å²) in [5.41, 5.74) is -0.293. The zero-order valence-electron chi connectivity index (χ0n) is 17.0. The van der Waals surface area contributed by atoms with Crippen LogP contribution in [0.25, 0.3) is 11.3 Å². The number of hydrogen-bond donors (Lipinski definition) is 0. The number of aryl methyl sites for hydroxylation is 1. The molecule has 0 unspecified atom stereocenters. The molecule has 3 aromatic rings. The number of halogens is 3. The third-order valence-electron chi connectivity index (χ3n) is 4.96. The highest BCUT2D eigenvalue weighted by molar-refractivity contribution is 5.97. The SMILES string of the molecule is CCCn1c(C)cc(C(=O)Cn2nc(-c3ccccc3)cc(C(F)(F)F)c2=O)c1C. The third kappa shape index (κ3) is 4.22. The minimum atomic E-state index is -4.86. The molecular formula is C22H22F3N3O2. The Morgan fingerprint density at radius 1 is 1.10 bits per heavy atom. The lowest BCUT2D eigenvalue weighted by Crippen LogP contribution is -2.33. The molecule has 8 heteroatoms. The third-order valence-corrected chi connectivity index (χ3v) is 4.96. The first-order valence-corrected chi connectivity index (χ1v) is 9.58. The molecule has 0 saturated carbocycles. The summed E-state index contributed by atoms with van der Waals surface area (Å²) >= 11 is 0. The van der Waals surface area contributed by atoms with Gasteiger partial charge in [-0.2, -0.15) is 18.3 Å². The molecule has 2 heterocycles. The van der Waals surface area contributed by atoms with Crippen LogP contribution in [0, 0.1) is 13.8 Å². The standard InChI is InChI=1S/C22H22F3N3O2/c1-4-10-27-14(2)11-17(15(27)3)20(29)13-28-21(30)18(22(23,24)25)12-19(26-28)16-8-6-5-7-9-16/h5-9,11-12H,4,10,13H2,1-3H3. The molecule has 0 bridgehead atoms. The number of aromatic nitrogens is 3. The normalized spacial score (nSPS) is 11.7. The van der Waals surface area contributed by atoms with Crippen molar-refractivity contribution in [2.75, 3.05) is 0 Å². The number of alkyl halides is 3. The zero-order valence-corrected chi connectivity index (χ0v) is 17.0. The molecule has 0 fully saturated rings. The summed E-state index contributed by atoms with van der Waals surface area (Å²) in [7, 11) is 0. The predicted octanol–water partition coefficient (Wildman–Crippen LogP) is 4.64. The number of carbonyl (C=O) groups excluding carboxylic acids is 1. The number of carbonyl (C=O) groups is 1. The Morgan fingerprint density at radius 3 is 2.37 bits per heavy atom. The van der Waals surface area contributed by atoms with Gasteiger partial charge < -0.3 is 4.57 Å². The minimum absolute atomic E-state index is 0.0215. The summed E-state index contributed by atoms with van der Waals surface area (Å²) in [6.07, 6.45) is -3.98. The van der Waals surface area contributed by atoms with Crippen LogP contribution < -0.4 is 5.56 Å².